The van der Waals surface area contributed by atoms with Gasteiger partial charge in [0.15, 0.2) is 0 Å². The molecule has 6 atom stereocenters. The number of hydrogen-bond acceptors (Lipinski definition) is 6. The average Bonchev–Trinajstić information content (AvgIpc) is 3.51. The lowest BCUT2D eigenvalue weighted by Crippen LogP contribution is -2.58. The highest BCUT2D eigenvalue weighted by molar-refractivity contribution is 5.98. The van der Waals surface area contributed by atoms with E-state index in [4.69, 9.17) is 9.47 Å². The van der Waals surface area contributed by atoms with E-state index in [2.05, 4.69) is 20.1 Å². The Morgan fingerprint density at radius 2 is 2.03 bits per heavy atom. The first-order valence-corrected chi connectivity index (χ1v) is 13.7. The molecule has 0 aromatic heterocycles. The van der Waals surface area contributed by atoms with E-state index in [1.165, 1.54) is 4.90 Å². The summed E-state index contributed by atoms with van der Waals surface area (Å²) in [6.07, 6.45) is 10.1. The van der Waals surface area contributed by atoms with Gasteiger partial charge in [0.2, 0.25) is 11.8 Å². The Morgan fingerprint density at radius 1 is 1.25 bits per heavy atom. The van der Waals surface area contributed by atoms with E-state index in [1.54, 1.807) is 11.0 Å². The van der Waals surface area contributed by atoms with Crippen LogP contribution in [0.1, 0.15) is 71.6 Å². The summed E-state index contributed by atoms with van der Waals surface area (Å²) in [6.45, 7) is 12.5. The first kappa shape index (κ1) is 28.4. The van der Waals surface area contributed by atoms with E-state index in [1.807, 2.05) is 13.0 Å². The first-order valence-electron chi connectivity index (χ1n) is 13.7. The quantitative estimate of drug-likeness (QED) is 0.197. The molecule has 0 aromatic rings. The van der Waals surface area contributed by atoms with Gasteiger partial charge in [-0.25, -0.2) is 0 Å². The minimum absolute atomic E-state index is 0.187. The molecule has 3 rings (SSSR count). The molecule has 8 nitrogen and oxygen atoms in total. The number of hydrogen-bond donors (Lipinski definition) is 1. The van der Waals surface area contributed by atoms with Crippen molar-refractivity contribution in [1.82, 2.24) is 9.80 Å². The molecule has 3 aliphatic rings. The maximum atomic E-state index is 14.1. The molecule has 0 saturated carbocycles. The van der Waals surface area contributed by atoms with Gasteiger partial charge in [0, 0.05) is 13.1 Å². The Bertz CT molecular complexity index is 812. The van der Waals surface area contributed by atoms with Gasteiger partial charge in [-0.3, -0.25) is 14.4 Å². The molecule has 202 valence electrons. The van der Waals surface area contributed by atoms with Crippen LogP contribution in [0, 0.1) is 11.8 Å². The highest BCUT2D eigenvalue weighted by Crippen LogP contribution is 2.59. The smallest absolute Gasteiger partial charge is 0.312 e. The molecule has 3 saturated heterocycles. The van der Waals surface area contributed by atoms with E-state index >= 15 is 0 Å². The van der Waals surface area contributed by atoms with Crippen LogP contribution in [0.5, 0.6) is 0 Å². The number of carbonyl (C=O) groups is 3. The molecule has 8 heteroatoms. The fraction of sp³-hybridized carbons (Fsp3) is 0.750. The van der Waals surface area contributed by atoms with Gasteiger partial charge in [-0.05, 0) is 44.9 Å². The van der Waals surface area contributed by atoms with Crippen molar-refractivity contribution in [3.05, 3.63) is 25.3 Å². The van der Waals surface area contributed by atoms with E-state index in [-0.39, 0.29) is 25.0 Å². The zero-order valence-electron chi connectivity index (χ0n) is 22.0. The summed E-state index contributed by atoms with van der Waals surface area (Å²) >= 11 is 0. The van der Waals surface area contributed by atoms with Crippen LogP contribution < -0.4 is 0 Å². The predicted octanol–water partition coefficient (Wildman–Crippen LogP) is 3.24. The van der Waals surface area contributed by atoms with E-state index < -0.39 is 41.6 Å². The standard InChI is InChI=1S/C28H44N2O6/c1-5-9-11-13-18-35-27(34)22-21-14-15-28(36-21)23(22)25(32)30(20(8-4)19-31)24(28)26(33)29(16-7-3)17-12-10-6-2/h5,7,20-24,31H,1,3,6,8-19H2,2,4H3/t20-,21+,22-,23-,24?,28?/m0/s1. The second-order valence-corrected chi connectivity index (χ2v) is 10.3. The number of unbranched alkanes of at least 4 members (excludes halogenated alkanes) is 4. The SMILES string of the molecule is C=CCCCCOC(=O)[C@@H]1[C@H]2C(=O)N([C@@H](CC)CO)C(C(=O)N(CC=C)CCCCC)C23CC[C@H]1O3. The number of aliphatic hydroxyl groups is 1. The summed E-state index contributed by atoms with van der Waals surface area (Å²) in [5.41, 5.74) is -1.07. The summed E-state index contributed by atoms with van der Waals surface area (Å²) in [5, 5.41) is 10.1. The van der Waals surface area contributed by atoms with Crippen LogP contribution in [0.15, 0.2) is 25.3 Å². The van der Waals surface area contributed by atoms with E-state index in [9.17, 15) is 19.5 Å². The van der Waals surface area contributed by atoms with Crippen molar-refractivity contribution in [2.24, 2.45) is 11.8 Å². The number of nitrogens with zero attached hydrogens (tertiary/aromatic N) is 2. The largest absolute Gasteiger partial charge is 0.465 e. The monoisotopic (exact) mass is 504 g/mol. The number of likely N-dealkylation sites (tertiary alicyclic amines) is 1. The van der Waals surface area contributed by atoms with Crippen molar-refractivity contribution in [2.45, 2.75) is 95.4 Å². The summed E-state index contributed by atoms with van der Waals surface area (Å²) in [5.74, 6) is -2.39. The molecule has 36 heavy (non-hydrogen) atoms. The van der Waals surface area contributed by atoms with Gasteiger partial charge in [-0.1, -0.05) is 38.8 Å². The molecule has 0 aromatic carbocycles. The maximum Gasteiger partial charge on any atom is 0.312 e. The lowest BCUT2D eigenvalue weighted by molar-refractivity contribution is -0.156. The van der Waals surface area contributed by atoms with Crippen molar-refractivity contribution in [2.75, 3.05) is 26.3 Å². The summed E-state index contributed by atoms with van der Waals surface area (Å²) in [4.78, 5) is 44.5. The fourth-order valence-corrected chi connectivity index (χ4v) is 6.28. The molecule has 3 heterocycles. The fourth-order valence-electron chi connectivity index (χ4n) is 6.28. The molecule has 3 aliphatic heterocycles. The molecule has 2 unspecified atom stereocenters. The van der Waals surface area contributed by atoms with Crippen molar-refractivity contribution in [3.63, 3.8) is 0 Å². The zero-order valence-corrected chi connectivity index (χ0v) is 22.0. The third kappa shape index (κ3) is 5.25. The van der Waals surface area contributed by atoms with Gasteiger partial charge in [0.25, 0.3) is 0 Å². The second kappa shape index (κ2) is 12.9. The van der Waals surface area contributed by atoms with Crippen LogP contribution in [-0.2, 0) is 23.9 Å². The zero-order chi connectivity index (χ0) is 26.3. The van der Waals surface area contributed by atoms with Crippen molar-refractivity contribution in [3.8, 4) is 0 Å². The number of rotatable bonds is 16. The second-order valence-electron chi connectivity index (χ2n) is 10.3. The molecule has 0 aliphatic carbocycles. The van der Waals surface area contributed by atoms with Crippen molar-refractivity contribution in [1.29, 1.82) is 0 Å². The number of fused-ring (bicyclic) bond motifs is 1. The molecule has 1 spiro atoms. The predicted molar refractivity (Wildman–Crippen MR) is 137 cm³/mol. The Hall–Kier alpha value is -2.19. The van der Waals surface area contributed by atoms with Gasteiger partial charge in [-0.2, -0.15) is 0 Å². The van der Waals surface area contributed by atoms with Crippen LogP contribution in [0.4, 0.5) is 0 Å². The first-order chi connectivity index (χ1) is 17.4. The van der Waals surface area contributed by atoms with Crippen molar-refractivity contribution >= 4 is 17.8 Å². The van der Waals surface area contributed by atoms with Crippen LogP contribution in [0.3, 0.4) is 0 Å². The van der Waals surface area contributed by atoms with Crippen LogP contribution >= 0.6 is 0 Å². The van der Waals surface area contributed by atoms with Gasteiger partial charge in [0.05, 0.1) is 37.2 Å². The minimum atomic E-state index is -1.07. The molecular formula is C28H44N2O6. The van der Waals surface area contributed by atoms with Gasteiger partial charge < -0.3 is 24.4 Å². The van der Waals surface area contributed by atoms with Gasteiger partial charge >= 0.3 is 5.97 Å². The van der Waals surface area contributed by atoms with Crippen LogP contribution in [0.2, 0.25) is 0 Å². The normalized spacial score (nSPS) is 29.2. The molecular weight excluding hydrogens is 460 g/mol. The third-order valence-corrected chi connectivity index (χ3v) is 8.06. The van der Waals surface area contributed by atoms with Gasteiger partial charge in [-0.15, -0.1) is 13.2 Å². The number of ether oxygens (including phenoxy) is 2. The number of amides is 2. The Kier molecular flexibility index (Phi) is 10.1. The molecule has 0 radical (unpaired) electrons. The lowest BCUT2D eigenvalue weighted by atomic mass is 9.70. The molecule has 3 fully saturated rings. The maximum absolute atomic E-state index is 14.1. The van der Waals surface area contributed by atoms with E-state index in [0.717, 1.165) is 38.5 Å². The van der Waals surface area contributed by atoms with Crippen molar-refractivity contribution < 1.29 is 29.0 Å². The molecule has 2 amide bonds. The Morgan fingerprint density at radius 3 is 2.67 bits per heavy atom. The average molecular weight is 505 g/mol. The highest BCUT2D eigenvalue weighted by Gasteiger charge is 2.75. The summed E-state index contributed by atoms with van der Waals surface area (Å²) < 4.78 is 12.1. The number of aliphatic hydroxyl groups excluding tert-OH is 1. The Labute approximate surface area is 215 Å². The van der Waals surface area contributed by atoms with Gasteiger partial charge in [0.1, 0.15) is 11.6 Å². The van der Waals surface area contributed by atoms with E-state index in [0.29, 0.717) is 32.4 Å². The third-order valence-electron chi connectivity index (χ3n) is 8.06. The highest BCUT2D eigenvalue weighted by atomic mass is 16.6. The lowest BCUT2D eigenvalue weighted by Gasteiger charge is -2.39. The summed E-state index contributed by atoms with van der Waals surface area (Å²) in [6, 6.07) is -1.39. The van der Waals surface area contributed by atoms with Crippen LogP contribution in [-0.4, -0.2) is 82.8 Å². The Balaban J connectivity index is 1.90. The molecule has 2 bridgehead atoms. The molecule has 1 N–H and O–H groups in total. The topological polar surface area (TPSA) is 96.4 Å². The van der Waals surface area contributed by atoms with Crippen LogP contribution in [0.25, 0.3) is 0 Å². The number of esters is 1. The number of carbonyl (C=O) groups excluding carboxylic acids is 3. The summed E-state index contributed by atoms with van der Waals surface area (Å²) in [7, 11) is 0. The number of allylic oxidation sites excluding steroid dienone is 1. The minimum Gasteiger partial charge on any atom is -0.465 e.